The van der Waals surface area contributed by atoms with Gasteiger partial charge in [0.15, 0.2) is 11.5 Å². The van der Waals surface area contributed by atoms with Crippen LogP contribution in [-0.4, -0.2) is 47.3 Å². The Balaban J connectivity index is 1.65. The van der Waals surface area contributed by atoms with Gasteiger partial charge in [0.2, 0.25) is 5.95 Å². The minimum absolute atomic E-state index is 0.562. The smallest absolute Gasteiger partial charge is 0.201 e. The molecule has 1 saturated heterocycles. The molecular formula is C15H20N4O2. The molecule has 0 aliphatic carbocycles. The largest absolute Gasteiger partial charge is 0.486 e. The zero-order valence-electron chi connectivity index (χ0n) is 12.0. The van der Waals surface area contributed by atoms with Crippen LogP contribution in [0, 0.1) is 0 Å². The van der Waals surface area contributed by atoms with Crippen molar-refractivity contribution >= 4 is 17.0 Å². The maximum Gasteiger partial charge on any atom is 0.201 e. The van der Waals surface area contributed by atoms with Gasteiger partial charge in [0.25, 0.3) is 0 Å². The molecular weight excluding hydrogens is 268 g/mol. The number of fused-ring (bicyclic) bond motifs is 2. The van der Waals surface area contributed by atoms with E-state index in [0.29, 0.717) is 19.2 Å². The summed E-state index contributed by atoms with van der Waals surface area (Å²) in [7, 11) is 0. The van der Waals surface area contributed by atoms with Gasteiger partial charge in [-0.2, -0.15) is 0 Å². The maximum absolute atomic E-state index is 6.09. The van der Waals surface area contributed by atoms with Crippen molar-refractivity contribution < 1.29 is 9.47 Å². The number of benzene rings is 1. The first-order valence-electron chi connectivity index (χ1n) is 7.59. The van der Waals surface area contributed by atoms with Gasteiger partial charge in [-0.3, -0.25) is 0 Å². The average Bonchev–Trinajstić information content (AvgIpc) is 3.10. The molecule has 21 heavy (non-hydrogen) atoms. The van der Waals surface area contributed by atoms with E-state index in [0.717, 1.165) is 35.6 Å². The molecule has 1 aromatic heterocycles. The Kier molecular flexibility index (Phi) is 3.11. The molecule has 0 spiro atoms. The number of nitrogens with zero attached hydrogens (tertiary/aromatic N) is 3. The summed E-state index contributed by atoms with van der Waals surface area (Å²) in [6, 6.07) is 3.92. The van der Waals surface area contributed by atoms with Crippen LogP contribution < -0.4 is 15.2 Å². The Morgan fingerprint density at radius 3 is 2.52 bits per heavy atom. The van der Waals surface area contributed by atoms with Crippen LogP contribution in [0.1, 0.15) is 12.8 Å². The van der Waals surface area contributed by atoms with E-state index < -0.39 is 0 Å². The fourth-order valence-corrected chi connectivity index (χ4v) is 3.16. The Labute approximate surface area is 123 Å². The SMILES string of the molecule is Nc1nc2cc3c(cc2n1CCN1CCCC1)OCCO3. The minimum Gasteiger partial charge on any atom is -0.486 e. The number of anilines is 1. The second-order valence-electron chi connectivity index (χ2n) is 5.65. The van der Waals surface area contributed by atoms with E-state index in [4.69, 9.17) is 15.2 Å². The average molecular weight is 288 g/mol. The zero-order chi connectivity index (χ0) is 14.2. The third-order valence-corrected chi connectivity index (χ3v) is 4.28. The maximum atomic E-state index is 6.09. The highest BCUT2D eigenvalue weighted by Crippen LogP contribution is 2.35. The first-order valence-corrected chi connectivity index (χ1v) is 7.59. The van der Waals surface area contributed by atoms with Crippen LogP contribution in [0.2, 0.25) is 0 Å². The Morgan fingerprint density at radius 1 is 1.05 bits per heavy atom. The van der Waals surface area contributed by atoms with Crippen molar-refractivity contribution in [1.82, 2.24) is 14.5 Å². The summed E-state index contributed by atoms with van der Waals surface area (Å²) in [6.45, 7) is 5.45. The van der Waals surface area contributed by atoms with E-state index in [9.17, 15) is 0 Å². The third-order valence-electron chi connectivity index (χ3n) is 4.28. The first-order chi connectivity index (χ1) is 10.3. The summed E-state index contributed by atoms with van der Waals surface area (Å²) in [5.74, 6) is 2.11. The monoisotopic (exact) mass is 288 g/mol. The van der Waals surface area contributed by atoms with Crippen molar-refractivity contribution in [3.05, 3.63) is 12.1 Å². The quantitative estimate of drug-likeness (QED) is 0.927. The van der Waals surface area contributed by atoms with Crippen LogP contribution in [0.15, 0.2) is 12.1 Å². The van der Waals surface area contributed by atoms with Gasteiger partial charge >= 0.3 is 0 Å². The summed E-state index contributed by atoms with van der Waals surface area (Å²) in [5, 5.41) is 0. The molecule has 1 fully saturated rings. The third kappa shape index (κ3) is 2.29. The van der Waals surface area contributed by atoms with Crippen molar-refractivity contribution in [3.63, 3.8) is 0 Å². The van der Waals surface area contributed by atoms with Crippen molar-refractivity contribution in [2.45, 2.75) is 19.4 Å². The highest BCUT2D eigenvalue weighted by Gasteiger charge is 2.18. The zero-order valence-corrected chi connectivity index (χ0v) is 12.0. The molecule has 2 aliphatic rings. The number of hydrogen-bond acceptors (Lipinski definition) is 5. The molecule has 0 bridgehead atoms. The Bertz CT molecular complexity index is 661. The molecule has 0 unspecified atom stereocenters. The van der Waals surface area contributed by atoms with E-state index in [1.54, 1.807) is 0 Å². The van der Waals surface area contributed by atoms with Crippen molar-refractivity contribution in [2.75, 3.05) is 38.6 Å². The molecule has 1 aromatic carbocycles. The molecule has 0 radical (unpaired) electrons. The molecule has 0 atom stereocenters. The van der Waals surface area contributed by atoms with Gasteiger partial charge in [-0.05, 0) is 25.9 Å². The number of likely N-dealkylation sites (tertiary alicyclic amines) is 1. The lowest BCUT2D eigenvalue weighted by molar-refractivity contribution is 0.172. The van der Waals surface area contributed by atoms with Gasteiger partial charge in [0, 0.05) is 25.2 Å². The second kappa shape index (κ2) is 5.11. The van der Waals surface area contributed by atoms with Gasteiger partial charge in [0.05, 0.1) is 11.0 Å². The number of aromatic nitrogens is 2. The fraction of sp³-hybridized carbons (Fsp3) is 0.533. The lowest BCUT2D eigenvalue weighted by Crippen LogP contribution is -2.24. The standard InChI is InChI=1S/C15H20N4O2/c16-15-17-11-9-13-14(21-8-7-20-13)10-12(11)19(15)6-5-18-3-1-2-4-18/h9-10H,1-8H2,(H2,16,17). The predicted octanol–water partition coefficient (Wildman–Crippen LogP) is 1.49. The van der Waals surface area contributed by atoms with E-state index in [-0.39, 0.29) is 0 Å². The topological polar surface area (TPSA) is 65.5 Å². The van der Waals surface area contributed by atoms with Crippen molar-refractivity contribution in [2.24, 2.45) is 0 Å². The van der Waals surface area contributed by atoms with Gasteiger partial charge in [0.1, 0.15) is 13.2 Å². The number of imidazole rings is 1. The molecule has 6 nitrogen and oxygen atoms in total. The minimum atomic E-state index is 0.562. The fourth-order valence-electron chi connectivity index (χ4n) is 3.16. The van der Waals surface area contributed by atoms with E-state index in [1.165, 1.54) is 25.9 Å². The molecule has 0 amide bonds. The highest BCUT2D eigenvalue weighted by molar-refractivity contribution is 5.82. The molecule has 0 saturated carbocycles. The molecule has 2 N–H and O–H groups in total. The van der Waals surface area contributed by atoms with Crippen molar-refractivity contribution in [3.8, 4) is 11.5 Å². The second-order valence-corrected chi connectivity index (χ2v) is 5.65. The van der Waals surface area contributed by atoms with Crippen LogP contribution in [0.4, 0.5) is 5.95 Å². The molecule has 112 valence electrons. The van der Waals surface area contributed by atoms with E-state index >= 15 is 0 Å². The van der Waals surface area contributed by atoms with Gasteiger partial charge in [-0.15, -0.1) is 0 Å². The summed E-state index contributed by atoms with van der Waals surface area (Å²) in [5.41, 5.74) is 7.99. The first kappa shape index (κ1) is 12.8. The lowest BCUT2D eigenvalue weighted by atomic mass is 10.2. The van der Waals surface area contributed by atoms with Gasteiger partial charge in [-0.1, -0.05) is 0 Å². The van der Waals surface area contributed by atoms with Crippen LogP contribution >= 0.6 is 0 Å². The normalized spacial score (nSPS) is 18.5. The Morgan fingerprint density at radius 2 is 1.76 bits per heavy atom. The van der Waals surface area contributed by atoms with Crippen LogP contribution in [0.25, 0.3) is 11.0 Å². The van der Waals surface area contributed by atoms with Crippen LogP contribution in [0.3, 0.4) is 0 Å². The van der Waals surface area contributed by atoms with E-state index in [1.807, 2.05) is 12.1 Å². The summed E-state index contributed by atoms with van der Waals surface area (Å²) in [4.78, 5) is 6.93. The molecule has 6 heteroatoms. The van der Waals surface area contributed by atoms with Crippen LogP contribution in [-0.2, 0) is 6.54 Å². The number of nitrogens with two attached hydrogens (primary N) is 1. The Hall–Kier alpha value is -1.95. The highest BCUT2D eigenvalue weighted by atomic mass is 16.6. The summed E-state index contributed by atoms with van der Waals surface area (Å²) >= 11 is 0. The van der Waals surface area contributed by atoms with Crippen molar-refractivity contribution in [1.29, 1.82) is 0 Å². The van der Waals surface area contributed by atoms with Gasteiger partial charge in [-0.25, -0.2) is 4.98 Å². The molecule has 3 heterocycles. The van der Waals surface area contributed by atoms with Gasteiger partial charge < -0.3 is 24.7 Å². The molecule has 4 rings (SSSR count). The number of hydrogen-bond donors (Lipinski definition) is 1. The molecule has 2 aliphatic heterocycles. The number of nitrogen functional groups attached to an aromatic ring is 1. The number of ether oxygens (including phenoxy) is 2. The summed E-state index contributed by atoms with van der Waals surface area (Å²) < 4.78 is 13.3. The summed E-state index contributed by atoms with van der Waals surface area (Å²) in [6.07, 6.45) is 2.61. The predicted molar refractivity (Wildman–Crippen MR) is 80.8 cm³/mol. The molecule has 2 aromatic rings. The van der Waals surface area contributed by atoms with Crippen LogP contribution in [0.5, 0.6) is 11.5 Å². The lowest BCUT2D eigenvalue weighted by Gasteiger charge is -2.19. The van der Waals surface area contributed by atoms with E-state index in [2.05, 4.69) is 14.5 Å². The number of rotatable bonds is 3.